The minimum Gasteiger partial charge on any atom is -0.307 e. The highest BCUT2D eigenvalue weighted by atomic mass is 16.1. The average molecular weight is 382 g/mol. The monoisotopic (exact) mass is 382 g/mol. The molecule has 144 valence electrons. The lowest BCUT2D eigenvalue weighted by atomic mass is 10.1. The zero-order valence-corrected chi connectivity index (χ0v) is 16.5. The summed E-state index contributed by atoms with van der Waals surface area (Å²) in [4.78, 5) is 17.5. The van der Waals surface area contributed by atoms with E-state index >= 15 is 0 Å². The Hall–Kier alpha value is -3.73. The van der Waals surface area contributed by atoms with Crippen molar-refractivity contribution >= 4 is 11.7 Å². The molecule has 29 heavy (non-hydrogen) atoms. The SMILES string of the molecule is Cc1cccc(Cn2nccc2NC(=O)c2ccc(-c3ccccc3)nc2C)c1. The first kappa shape index (κ1) is 18.6. The van der Waals surface area contributed by atoms with Crippen molar-refractivity contribution in [3.63, 3.8) is 0 Å². The minimum atomic E-state index is -0.194. The summed E-state index contributed by atoms with van der Waals surface area (Å²) in [6, 6.07) is 23.7. The maximum atomic E-state index is 12.8. The van der Waals surface area contributed by atoms with Crippen molar-refractivity contribution in [2.75, 3.05) is 5.32 Å². The van der Waals surface area contributed by atoms with Crippen LogP contribution in [-0.2, 0) is 6.54 Å². The summed E-state index contributed by atoms with van der Waals surface area (Å²) in [5.74, 6) is 0.462. The van der Waals surface area contributed by atoms with Crippen LogP contribution in [-0.4, -0.2) is 20.7 Å². The Kier molecular flexibility index (Phi) is 5.20. The number of nitrogens with one attached hydrogen (secondary N) is 1. The van der Waals surface area contributed by atoms with Crippen molar-refractivity contribution in [3.8, 4) is 11.3 Å². The smallest absolute Gasteiger partial charge is 0.258 e. The van der Waals surface area contributed by atoms with E-state index in [0.717, 1.165) is 16.8 Å². The van der Waals surface area contributed by atoms with E-state index in [9.17, 15) is 4.79 Å². The number of nitrogens with zero attached hydrogens (tertiary/aromatic N) is 3. The van der Waals surface area contributed by atoms with Gasteiger partial charge in [0.1, 0.15) is 5.82 Å². The molecule has 5 heteroatoms. The van der Waals surface area contributed by atoms with Crippen LogP contribution in [0.3, 0.4) is 0 Å². The number of carbonyl (C=O) groups is 1. The van der Waals surface area contributed by atoms with E-state index < -0.39 is 0 Å². The second-order valence-corrected chi connectivity index (χ2v) is 7.01. The van der Waals surface area contributed by atoms with Crippen LogP contribution in [0.1, 0.15) is 27.2 Å². The first-order valence-corrected chi connectivity index (χ1v) is 9.52. The van der Waals surface area contributed by atoms with Crippen molar-refractivity contribution < 1.29 is 4.79 Å². The number of hydrogen-bond donors (Lipinski definition) is 1. The van der Waals surface area contributed by atoms with Gasteiger partial charge in [0, 0.05) is 11.6 Å². The average Bonchev–Trinajstić information content (AvgIpc) is 3.15. The van der Waals surface area contributed by atoms with E-state index in [0.29, 0.717) is 23.6 Å². The van der Waals surface area contributed by atoms with Crippen molar-refractivity contribution in [2.24, 2.45) is 0 Å². The highest BCUT2D eigenvalue weighted by Crippen LogP contribution is 2.20. The normalized spacial score (nSPS) is 10.7. The molecule has 0 saturated carbocycles. The Labute approximate surface area is 170 Å². The van der Waals surface area contributed by atoms with Gasteiger partial charge in [0.05, 0.1) is 29.7 Å². The lowest BCUT2D eigenvalue weighted by Crippen LogP contribution is -2.17. The molecule has 0 aliphatic heterocycles. The summed E-state index contributed by atoms with van der Waals surface area (Å²) < 4.78 is 1.79. The predicted molar refractivity (Wildman–Crippen MR) is 115 cm³/mol. The third-order valence-electron chi connectivity index (χ3n) is 4.77. The van der Waals surface area contributed by atoms with E-state index in [-0.39, 0.29) is 5.91 Å². The molecular weight excluding hydrogens is 360 g/mol. The fraction of sp³-hybridized carbons (Fsp3) is 0.125. The molecule has 0 bridgehead atoms. The van der Waals surface area contributed by atoms with E-state index in [2.05, 4.69) is 40.5 Å². The molecule has 2 aromatic heterocycles. The maximum absolute atomic E-state index is 12.8. The predicted octanol–water partition coefficient (Wildman–Crippen LogP) is 4.86. The number of aryl methyl sites for hydroxylation is 2. The molecule has 1 amide bonds. The third-order valence-corrected chi connectivity index (χ3v) is 4.77. The summed E-state index contributed by atoms with van der Waals surface area (Å²) in [6.07, 6.45) is 1.69. The lowest BCUT2D eigenvalue weighted by Gasteiger charge is -2.11. The van der Waals surface area contributed by atoms with Gasteiger partial charge in [-0.15, -0.1) is 0 Å². The number of hydrogen-bond acceptors (Lipinski definition) is 3. The van der Waals surface area contributed by atoms with Crippen molar-refractivity contribution in [2.45, 2.75) is 20.4 Å². The summed E-state index contributed by atoms with van der Waals surface area (Å²) in [5, 5.41) is 7.31. The zero-order chi connectivity index (χ0) is 20.2. The number of rotatable bonds is 5. The fourth-order valence-electron chi connectivity index (χ4n) is 3.30. The molecule has 2 heterocycles. The van der Waals surface area contributed by atoms with Gasteiger partial charge in [0.25, 0.3) is 5.91 Å². The van der Waals surface area contributed by atoms with Gasteiger partial charge >= 0.3 is 0 Å². The Balaban J connectivity index is 1.52. The van der Waals surface area contributed by atoms with Crippen LogP contribution in [0.2, 0.25) is 0 Å². The van der Waals surface area contributed by atoms with Crippen LogP contribution in [0, 0.1) is 13.8 Å². The number of pyridine rings is 1. The van der Waals surface area contributed by atoms with Crippen LogP contribution in [0.5, 0.6) is 0 Å². The minimum absolute atomic E-state index is 0.194. The van der Waals surface area contributed by atoms with E-state index in [4.69, 9.17) is 0 Å². The molecule has 0 aliphatic rings. The van der Waals surface area contributed by atoms with Gasteiger partial charge in [0.2, 0.25) is 0 Å². The van der Waals surface area contributed by atoms with Crippen LogP contribution in [0.25, 0.3) is 11.3 Å². The molecule has 0 fully saturated rings. The van der Waals surface area contributed by atoms with Gasteiger partial charge in [0.15, 0.2) is 0 Å². The van der Waals surface area contributed by atoms with Gasteiger partial charge < -0.3 is 5.32 Å². The number of carbonyl (C=O) groups excluding carboxylic acids is 1. The summed E-state index contributed by atoms with van der Waals surface area (Å²) in [6.45, 7) is 4.50. The molecule has 0 radical (unpaired) electrons. The number of aromatic nitrogens is 3. The fourth-order valence-corrected chi connectivity index (χ4v) is 3.30. The van der Waals surface area contributed by atoms with Gasteiger partial charge in [-0.2, -0.15) is 5.10 Å². The second-order valence-electron chi connectivity index (χ2n) is 7.01. The summed E-state index contributed by atoms with van der Waals surface area (Å²) >= 11 is 0. The number of benzene rings is 2. The molecule has 0 aliphatic carbocycles. The van der Waals surface area contributed by atoms with Crippen molar-refractivity contribution in [1.82, 2.24) is 14.8 Å². The Morgan fingerprint density at radius 2 is 1.79 bits per heavy atom. The molecule has 2 aromatic carbocycles. The molecule has 1 N–H and O–H groups in total. The van der Waals surface area contributed by atoms with Crippen molar-refractivity contribution in [3.05, 3.63) is 101 Å². The summed E-state index contributed by atoms with van der Waals surface area (Å²) in [5.41, 5.74) is 5.44. The topological polar surface area (TPSA) is 59.8 Å². The lowest BCUT2D eigenvalue weighted by molar-refractivity contribution is 0.102. The van der Waals surface area contributed by atoms with Crippen molar-refractivity contribution in [1.29, 1.82) is 0 Å². The molecule has 0 saturated heterocycles. The second kappa shape index (κ2) is 8.10. The van der Waals surface area contributed by atoms with E-state index in [1.54, 1.807) is 16.9 Å². The largest absolute Gasteiger partial charge is 0.307 e. The quantitative estimate of drug-likeness (QED) is 0.536. The van der Waals surface area contributed by atoms with Crippen LogP contribution in [0.4, 0.5) is 5.82 Å². The van der Waals surface area contributed by atoms with Crippen LogP contribution in [0.15, 0.2) is 79.0 Å². The highest BCUT2D eigenvalue weighted by molar-refractivity contribution is 6.04. The van der Waals surface area contributed by atoms with Gasteiger partial charge in [-0.3, -0.25) is 9.78 Å². The number of amides is 1. The summed E-state index contributed by atoms with van der Waals surface area (Å²) in [7, 11) is 0. The molecule has 4 aromatic rings. The Morgan fingerprint density at radius 1 is 0.966 bits per heavy atom. The van der Waals surface area contributed by atoms with E-state index in [1.807, 2.05) is 55.5 Å². The van der Waals surface area contributed by atoms with Gasteiger partial charge in [-0.05, 0) is 31.5 Å². The first-order chi connectivity index (χ1) is 14.1. The van der Waals surface area contributed by atoms with Crippen LogP contribution < -0.4 is 5.32 Å². The molecule has 0 unspecified atom stereocenters. The van der Waals surface area contributed by atoms with Crippen LogP contribution >= 0.6 is 0 Å². The maximum Gasteiger partial charge on any atom is 0.258 e. The standard InChI is InChI=1S/C24H22N4O/c1-17-7-6-8-19(15-17)16-28-23(13-14-25-28)27-24(29)21-11-12-22(26-18(21)2)20-9-4-3-5-10-20/h3-15H,16H2,1-2H3,(H,27,29). The molecule has 0 atom stereocenters. The Bertz CT molecular complexity index is 1150. The molecule has 0 spiro atoms. The molecule has 4 rings (SSSR count). The third kappa shape index (κ3) is 4.24. The van der Waals surface area contributed by atoms with Gasteiger partial charge in [-0.25, -0.2) is 4.68 Å². The molecular formula is C24H22N4O. The first-order valence-electron chi connectivity index (χ1n) is 9.52. The Morgan fingerprint density at radius 3 is 2.55 bits per heavy atom. The zero-order valence-electron chi connectivity index (χ0n) is 16.5. The van der Waals surface area contributed by atoms with E-state index in [1.165, 1.54) is 5.56 Å². The van der Waals surface area contributed by atoms with Gasteiger partial charge in [-0.1, -0.05) is 60.2 Å². The molecule has 5 nitrogen and oxygen atoms in total. The highest BCUT2D eigenvalue weighted by Gasteiger charge is 2.14. The number of anilines is 1.